The van der Waals surface area contributed by atoms with Crippen molar-refractivity contribution >= 4 is 16.3 Å². The minimum atomic E-state index is 0.963. The van der Waals surface area contributed by atoms with E-state index in [0.717, 1.165) is 8.27 Å². The standard InChI is InChI=1S/C2H7NP2/c1-3-5-4-2/h4H,1-2H3. The summed E-state index contributed by atoms with van der Waals surface area (Å²) in [7, 11) is 4.03. The van der Waals surface area contributed by atoms with Crippen LogP contribution in [0, 0.1) is 0 Å². The molecule has 1 atom stereocenters. The highest BCUT2D eigenvalue weighted by Crippen LogP contribution is 2.22. The second kappa shape index (κ2) is 4.53. The third-order valence-corrected chi connectivity index (χ3v) is 1.80. The average Bonchev–Trinajstić information content (AvgIpc) is 1.41. The average molecular weight is 107 g/mol. The van der Waals surface area contributed by atoms with Gasteiger partial charge in [0.15, 0.2) is 0 Å². The summed E-state index contributed by atoms with van der Waals surface area (Å²) in [6.07, 6.45) is 0. The van der Waals surface area contributed by atoms with Gasteiger partial charge < -0.3 is 0 Å². The van der Waals surface area contributed by atoms with Crippen LogP contribution >= 0.6 is 16.3 Å². The quantitative estimate of drug-likeness (QED) is 0.454. The van der Waals surface area contributed by atoms with Crippen LogP contribution in [0.2, 0.25) is 0 Å². The number of hydrogen-bond acceptors (Lipinski definition) is 1. The van der Waals surface area contributed by atoms with Gasteiger partial charge in [0.05, 0.1) is 0 Å². The van der Waals surface area contributed by atoms with Crippen molar-refractivity contribution in [3.63, 3.8) is 0 Å². The van der Waals surface area contributed by atoms with Gasteiger partial charge in [-0.15, -0.1) is 0 Å². The molecule has 0 rings (SSSR count). The van der Waals surface area contributed by atoms with E-state index in [9.17, 15) is 0 Å². The van der Waals surface area contributed by atoms with Crippen molar-refractivity contribution in [3.8, 4) is 0 Å². The van der Waals surface area contributed by atoms with Crippen molar-refractivity contribution < 1.29 is 0 Å². The Morgan fingerprint density at radius 3 is 2.40 bits per heavy atom. The molecule has 0 saturated heterocycles. The van der Waals surface area contributed by atoms with Crippen molar-refractivity contribution in [1.29, 1.82) is 0 Å². The molecule has 30 valence electrons. The predicted octanol–water partition coefficient (Wildman–Crippen LogP) is 1.97. The second-order valence-electron chi connectivity index (χ2n) is 0.524. The lowest BCUT2D eigenvalue weighted by Crippen LogP contribution is -1.22. The Bertz CT molecular complexity index is 34.6. The van der Waals surface area contributed by atoms with Crippen molar-refractivity contribution in [1.82, 2.24) is 0 Å². The molecule has 0 heterocycles. The first kappa shape index (κ1) is 5.53. The Balaban J connectivity index is 2.62. The summed E-state index contributed by atoms with van der Waals surface area (Å²) in [6.45, 7) is 2.13. The van der Waals surface area contributed by atoms with E-state index in [1.165, 1.54) is 8.06 Å². The van der Waals surface area contributed by atoms with E-state index in [1.807, 2.05) is 7.05 Å². The van der Waals surface area contributed by atoms with Crippen molar-refractivity contribution in [3.05, 3.63) is 0 Å². The normalized spacial score (nSPS) is 12.4. The molecule has 0 saturated carbocycles. The van der Waals surface area contributed by atoms with Gasteiger partial charge in [0.1, 0.15) is 0 Å². The van der Waals surface area contributed by atoms with Crippen molar-refractivity contribution in [2.75, 3.05) is 13.7 Å². The Kier molecular flexibility index (Phi) is 5.01. The maximum absolute atomic E-state index is 3.84. The first-order valence-electron chi connectivity index (χ1n) is 1.37. The van der Waals surface area contributed by atoms with Crippen LogP contribution in [-0.4, -0.2) is 13.7 Å². The molecule has 0 spiro atoms. The van der Waals surface area contributed by atoms with Gasteiger partial charge in [-0.05, 0) is 6.66 Å². The van der Waals surface area contributed by atoms with Gasteiger partial charge in [-0.2, -0.15) is 0 Å². The topological polar surface area (TPSA) is 12.4 Å². The highest BCUT2D eigenvalue weighted by molar-refractivity contribution is 8.06. The molecule has 5 heavy (non-hydrogen) atoms. The van der Waals surface area contributed by atoms with Crippen LogP contribution in [0.3, 0.4) is 0 Å². The molecular formula is C2H7NP2. The summed E-state index contributed by atoms with van der Waals surface area (Å²) < 4.78 is 3.84. The van der Waals surface area contributed by atoms with Gasteiger partial charge in [-0.25, -0.2) is 0 Å². The molecule has 0 radical (unpaired) electrons. The molecule has 0 aromatic rings. The molecule has 0 aliphatic carbocycles. The van der Waals surface area contributed by atoms with Gasteiger partial charge in [0.2, 0.25) is 0 Å². The maximum atomic E-state index is 3.84. The third-order valence-electron chi connectivity index (χ3n) is 0.200. The summed E-state index contributed by atoms with van der Waals surface area (Å²) in [4.78, 5) is 0. The fraction of sp³-hybridized carbons (Fsp3) is 1.00. The molecule has 0 amide bonds. The lowest BCUT2D eigenvalue weighted by molar-refractivity contribution is 1.52. The van der Waals surface area contributed by atoms with Crippen molar-refractivity contribution in [2.45, 2.75) is 0 Å². The molecule has 1 nitrogen and oxygen atoms in total. The second-order valence-corrected chi connectivity index (χ2v) is 3.51. The first-order valence-corrected chi connectivity index (χ1v) is 4.56. The summed E-state index contributed by atoms with van der Waals surface area (Å²) in [6, 6.07) is 0. The van der Waals surface area contributed by atoms with E-state index in [2.05, 4.69) is 11.4 Å². The molecular weight excluding hydrogens is 100.0 g/mol. The van der Waals surface area contributed by atoms with Gasteiger partial charge in [0, 0.05) is 15.1 Å². The fourth-order valence-corrected chi connectivity index (χ4v) is 0.900. The number of hydrogen-bond donors (Lipinski definition) is 0. The minimum absolute atomic E-state index is 0.963. The largest absolute Gasteiger partial charge is 0.268 e. The van der Waals surface area contributed by atoms with E-state index in [4.69, 9.17) is 0 Å². The van der Waals surface area contributed by atoms with E-state index >= 15 is 0 Å². The zero-order chi connectivity index (χ0) is 4.12. The molecule has 0 aliphatic rings. The van der Waals surface area contributed by atoms with Crippen LogP contribution in [-0.2, 0) is 0 Å². The Morgan fingerprint density at radius 1 is 1.80 bits per heavy atom. The molecule has 0 N–H and O–H groups in total. The van der Waals surface area contributed by atoms with Gasteiger partial charge in [-0.1, -0.05) is 8.27 Å². The highest BCUT2D eigenvalue weighted by atomic mass is 32.0. The summed E-state index contributed by atoms with van der Waals surface area (Å²) in [5.74, 6) is 0. The van der Waals surface area contributed by atoms with Crippen LogP contribution < -0.4 is 0 Å². The predicted molar refractivity (Wildman–Crippen MR) is 29.5 cm³/mol. The zero-order valence-corrected chi connectivity index (χ0v) is 5.29. The summed E-state index contributed by atoms with van der Waals surface area (Å²) in [5.41, 5.74) is 0. The molecule has 0 aromatic heterocycles. The lowest BCUT2D eigenvalue weighted by Gasteiger charge is -1.64. The molecule has 0 aromatic carbocycles. The van der Waals surface area contributed by atoms with Crippen LogP contribution in [0.15, 0.2) is 4.74 Å². The van der Waals surface area contributed by atoms with Gasteiger partial charge in [0.25, 0.3) is 0 Å². The molecule has 0 aliphatic heterocycles. The molecule has 0 bridgehead atoms. The highest BCUT2D eigenvalue weighted by Gasteiger charge is 1.53. The number of nitrogens with zero attached hydrogens (tertiary/aromatic N) is 1. The smallest absolute Gasteiger partial charge is 0.0324 e. The van der Waals surface area contributed by atoms with Gasteiger partial charge >= 0.3 is 0 Å². The third kappa shape index (κ3) is 4.53. The van der Waals surface area contributed by atoms with E-state index in [-0.39, 0.29) is 0 Å². The zero-order valence-electron chi connectivity index (χ0n) is 3.39. The Hall–Kier alpha value is 0.530. The summed E-state index contributed by atoms with van der Waals surface area (Å²) >= 11 is 0. The van der Waals surface area contributed by atoms with Crippen LogP contribution in [0.1, 0.15) is 0 Å². The molecule has 1 unspecified atom stereocenters. The monoisotopic (exact) mass is 107 g/mol. The summed E-state index contributed by atoms with van der Waals surface area (Å²) in [5, 5.41) is 0. The van der Waals surface area contributed by atoms with Gasteiger partial charge in [-0.3, -0.25) is 4.74 Å². The first-order chi connectivity index (χ1) is 2.41. The molecule has 0 fully saturated rings. The SMILES string of the molecule is CN=PPC. The van der Waals surface area contributed by atoms with Crippen molar-refractivity contribution in [2.24, 2.45) is 4.74 Å². The lowest BCUT2D eigenvalue weighted by atomic mass is 11.6. The Morgan fingerprint density at radius 2 is 2.40 bits per heavy atom. The number of rotatable bonds is 1. The molecule has 3 heteroatoms. The van der Waals surface area contributed by atoms with Crippen LogP contribution in [0.25, 0.3) is 0 Å². The maximum Gasteiger partial charge on any atom is 0.0324 e. The van der Waals surface area contributed by atoms with Crippen LogP contribution in [0.5, 0.6) is 0 Å². The van der Waals surface area contributed by atoms with E-state index in [0.29, 0.717) is 0 Å². The van der Waals surface area contributed by atoms with Crippen LogP contribution in [0.4, 0.5) is 0 Å². The van der Waals surface area contributed by atoms with E-state index < -0.39 is 0 Å². The Labute approximate surface area is 35.7 Å². The fourth-order valence-electron chi connectivity index (χ4n) is 0.100. The van der Waals surface area contributed by atoms with E-state index in [1.54, 1.807) is 0 Å². The minimum Gasteiger partial charge on any atom is -0.268 e.